The van der Waals surface area contributed by atoms with Gasteiger partial charge in [-0.3, -0.25) is 4.79 Å². The van der Waals surface area contributed by atoms with Gasteiger partial charge >= 0.3 is 0 Å². The highest BCUT2D eigenvalue weighted by molar-refractivity contribution is 5.94. The summed E-state index contributed by atoms with van der Waals surface area (Å²) >= 11 is 0. The number of likely N-dealkylation sites (N-methyl/N-ethyl adjacent to an activating group) is 1. The molecular weight excluding hydrogens is 348 g/mol. The van der Waals surface area contributed by atoms with Gasteiger partial charge in [0, 0.05) is 24.3 Å². The Morgan fingerprint density at radius 1 is 0.893 bits per heavy atom. The molecule has 0 spiro atoms. The van der Waals surface area contributed by atoms with E-state index in [9.17, 15) is 4.79 Å². The molecule has 0 aliphatic heterocycles. The molecule has 0 N–H and O–H groups in total. The lowest BCUT2D eigenvalue weighted by molar-refractivity contribution is -0.118. The third kappa shape index (κ3) is 3.76. The van der Waals surface area contributed by atoms with E-state index >= 15 is 0 Å². The number of amides is 1. The molecule has 0 atom stereocenters. The maximum Gasteiger partial charge on any atom is 0.246 e. The molecule has 3 aromatic carbocycles. The second-order valence-corrected chi connectivity index (χ2v) is 6.70. The first-order valence-corrected chi connectivity index (χ1v) is 9.28. The third-order valence-corrected chi connectivity index (χ3v) is 4.83. The number of benzene rings is 3. The Morgan fingerprint density at radius 2 is 1.61 bits per heavy atom. The standard InChI is InChI=1S/C24H22N2O2/c1-25(20-11-6-3-7-12-20)24(27)17-26-16-15-21-22(26)13-8-14-23(21)28-18-19-9-4-2-5-10-19/h2-16H,17-18H2,1H3. The molecule has 0 aliphatic rings. The first-order chi connectivity index (χ1) is 13.7. The van der Waals surface area contributed by atoms with Crippen molar-refractivity contribution >= 4 is 22.5 Å². The third-order valence-electron chi connectivity index (χ3n) is 4.83. The number of anilines is 1. The molecule has 1 heterocycles. The maximum atomic E-state index is 12.7. The summed E-state index contributed by atoms with van der Waals surface area (Å²) in [5, 5.41) is 1.01. The molecule has 0 aliphatic carbocycles. The summed E-state index contributed by atoms with van der Waals surface area (Å²) in [6.45, 7) is 0.790. The van der Waals surface area contributed by atoms with Gasteiger partial charge in [-0.05, 0) is 35.9 Å². The number of fused-ring (bicyclic) bond motifs is 1. The lowest BCUT2D eigenvalue weighted by Gasteiger charge is -2.18. The second kappa shape index (κ2) is 8.01. The smallest absolute Gasteiger partial charge is 0.246 e. The lowest BCUT2D eigenvalue weighted by Crippen LogP contribution is -2.29. The Morgan fingerprint density at radius 3 is 2.36 bits per heavy atom. The summed E-state index contributed by atoms with van der Waals surface area (Å²) in [7, 11) is 1.80. The van der Waals surface area contributed by atoms with Crippen molar-refractivity contribution in [2.24, 2.45) is 0 Å². The number of rotatable bonds is 6. The van der Waals surface area contributed by atoms with Crippen LogP contribution in [-0.2, 0) is 17.9 Å². The van der Waals surface area contributed by atoms with Crippen LogP contribution in [0, 0.1) is 0 Å². The van der Waals surface area contributed by atoms with Crippen LogP contribution < -0.4 is 9.64 Å². The fourth-order valence-electron chi connectivity index (χ4n) is 3.24. The molecule has 4 rings (SSSR count). The minimum Gasteiger partial charge on any atom is -0.488 e. The van der Waals surface area contributed by atoms with Crippen molar-refractivity contribution in [1.82, 2.24) is 4.57 Å². The van der Waals surface area contributed by atoms with Gasteiger partial charge in [-0.1, -0.05) is 54.6 Å². The average molecular weight is 370 g/mol. The average Bonchev–Trinajstić information content (AvgIpc) is 3.16. The van der Waals surface area contributed by atoms with Crippen LogP contribution in [0.25, 0.3) is 10.9 Å². The second-order valence-electron chi connectivity index (χ2n) is 6.70. The Hall–Kier alpha value is -3.53. The highest BCUT2D eigenvalue weighted by Gasteiger charge is 2.14. The summed E-state index contributed by atoms with van der Waals surface area (Å²) in [6, 6.07) is 27.7. The minimum absolute atomic E-state index is 0.0271. The van der Waals surface area contributed by atoms with Crippen LogP contribution >= 0.6 is 0 Å². The Bertz CT molecular complexity index is 1070. The van der Waals surface area contributed by atoms with Crippen LogP contribution in [0.1, 0.15) is 5.56 Å². The van der Waals surface area contributed by atoms with Gasteiger partial charge in [0.2, 0.25) is 5.91 Å². The number of carbonyl (C=O) groups is 1. The predicted octanol–water partition coefficient (Wildman–Crippen LogP) is 4.88. The van der Waals surface area contributed by atoms with Gasteiger partial charge in [-0.15, -0.1) is 0 Å². The molecule has 28 heavy (non-hydrogen) atoms. The zero-order chi connectivity index (χ0) is 19.3. The largest absolute Gasteiger partial charge is 0.488 e. The molecule has 1 aromatic heterocycles. The van der Waals surface area contributed by atoms with Crippen molar-refractivity contribution < 1.29 is 9.53 Å². The summed E-state index contributed by atoms with van der Waals surface area (Å²) in [4.78, 5) is 14.4. The molecule has 0 unspecified atom stereocenters. The fourth-order valence-corrected chi connectivity index (χ4v) is 3.24. The highest BCUT2D eigenvalue weighted by Crippen LogP contribution is 2.27. The summed E-state index contributed by atoms with van der Waals surface area (Å²) in [5.74, 6) is 0.850. The van der Waals surface area contributed by atoms with E-state index in [1.807, 2.05) is 95.7 Å². The number of hydrogen-bond acceptors (Lipinski definition) is 2. The van der Waals surface area contributed by atoms with Crippen LogP contribution in [0.15, 0.2) is 91.1 Å². The molecule has 140 valence electrons. The van der Waals surface area contributed by atoms with Crippen molar-refractivity contribution in [3.05, 3.63) is 96.7 Å². The quantitative estimate of drug-likeness (QED) is 0.485. The van der Waals surface area contributed by atoms with Gasteiger partial charge in [-0.25, -0.2) is 0 Å². The first kappa shape index (κ1) is 17.9. The molecule has 0 fully saturated rings. The molecule has 1 amide bonds. The SMILES string of the molecule is CN(C(=O)Cn1ccc2c(OCc3ccccc3)cccc21)c1ccccc1. The summed E-state index contributed by atoms with van der Waals surface area (Å²) in [6.07, 6.45) is 1.94. The molecule has 0 saturated carbocycles. The van der Waals surface area contributed by atoms with E-state index in [2.05, 4.69) is 0 Å². The van der Waals surface area contributed by atoms with Gasteiger partial charge in [0.25, 0.3) is 0 Å². The summed E-state index contributed by atoms with van der Waals surface area (Å²) in [5.41, 5.74) is 3.00. The van der Waals surface area contributed by atoms with Crippen molar-refractivity contribution in [3.63, 3.8) is 0 Å². The molecule has 0 radical (unpaired) electrons. The lowest BCUT2D eigenvalue weighted by atomic mass is 10.2. The maximum absolute atomic E-state index is 12.7. The number of nitrogens with zero attached hydrogens (tertiary/aromatic N) is 2. The van der Waals surface area contributed by atoms with Crippen molar-refractivity contribution in [2.45, 2.75) is 13.2 Å². The molecule has 0 bridgehead atoms. The Kier molecular flexibility index (Phi) is 5.11. The van der Waals surface area contributed by atoms with Crippen LogP contribution in [0.4, 0.5) is 5.69 Å². The van der Waals surface area contributed by atoms with E-state index in [1.165, 1.54) is 0 Å². The van der Waals surface area contributed by atoms with Crippen LogP contribution in [-0.4, -0.2) is 17.5 Å². The Balaban J connectivity index is 1.52. The van der Waals surface area contributed by atoms with Crippen LogP contribution in [0.5, 0.6) is 5.75 Å². The van der Waals surface area contributed by atoms with Crippen LogP contribution in [0.3, 0.4) is 0 Å². The first-order valence-electron chi connectivity index (χ1n) is 9.28. The zero-order valence-corrected chi connectivity index (χ0v) is 15.8. The normalized spacial score (nSPS) is 10.8. The molecular formula is C24H22N2O2. The molecule has 4 aromatic rings. The molecule has 4 heteroatoms. The molecule has 0 saturated heterocycles. The van der Waals surface area contributed by atoms with E-state index in [0.717, 1.165) is 27.9 Å². The van der Waals surface area contributed by atoms with Crippen molar-refractivity contribution in [3.8, 4) is 5.75 Å². The topological polar surface area (TPSA) is 34.5 Å². The number of hydrogen-bond donors (Lipinski definition) is 0. The predicted molar refractivity (Wildman–Crippen MR) is 113 cm³/mol. The van der Waals surface area contributed by atoms with Gasteiger partial charge in [-0.2, -0.15) is 0 Å². The highest BCUT2D eigenvalue weighted by atomic mass is 16.5. The van der Waals surface area contributed by atoms with Gasteiger partial charge in [0.05, 0.1) is 5.52 Å². The number of carbonyl (C=O) groups excluding carboxylic acids is 1. The van der Waals surface area contributed by atoms with E-state index in [1.54, 1.807) is 11.9 Å². The monoisotopic (exact) mass is 370 g/mol. The van der Waals surface area contributed by atoms with Crippen molar-refractivity contribution in [1.29, 1.82) is 0 Å². The van der Waals surface area contributed by atoms with Gasteiger partial charge < -0.3 is 14.2 Å². The van der Waals surface area contributed by atoms with E-state index in [4.69, 9.17) is 4.74 Å². The Labute approximate surface area is 164 Å². The van der Waals surface area contributed by atoms with Gasteiger partial charge in [0.15, 0.2) is 0 Å². The fraction of sp³-hybridized carbons (Fsp3) is 0.125. The van der Waals surface area contributed by atoms with E-state index < -0.39 is 0 Å². The number of aromatic nitrogens is 1. The minimum atomic E-state index is 0.0271. The number of ether oxygens (including phenoxy) is 1. The molecule has 4 nitrogen and oxygen atoms in total. The van der Waals surface area contributed by atoms with Gasteiger partial charge in [0.1, 0.15) is 18.9 Å². The van der Waals surface area contributed by atoms with Crippen molar-refractivity contribution in [2.75, 3.05) is 11.9 Å². The summed E-state index contributed by atoms with van der Waals surface area (Å²) < 4.78 is 8.00. The van der Waals surface area contributed by atoms with E-state index in [0.29, 0.717) is 6.61 Å². The number of para-hydroxylation sites is 1. The zero-order valence-electron chi connectivity index (χ0n) is 15.8. The van der Waals surface area contributed by atoms with Crippen LogP contribution in [0.2, 0.25) is 0 Å². The van der Waals surface area contributed by atoms with E-state index in [-0.39, 0.29) is 12.5 Å².